The lowest BCUT2D eigenvalue weighted by atomic mass is 9.90. The third kappa shape index (κ3) is 3.24. The summed E-state index contributed by atoms with van der Waals surface area (Å²) >= 11 is 1.35. The highest BCUT2D eigenvalue weighted by Gasteiger charge is 2.21. The number of anilines is 1. The van der Waals surface area contributed by atoms with Gasteiger partial charge in [-0.2, -0.15) is 0 Å². The predicted molar refractivity (Wildman–Crippen MR) is 101 cm³/mol. The van der Waals surface area contributed by atoms with E-state index < -0.39 is 0 Å². The van der Waals surface area contributed by atoms with Crippen molar-refractivity contribution < 1.29 is 5.11 Å². The normalized spacial score (nSPS) is 15.9. The minimum Gasteiger partial charge on any atom is -0.486 e. The average Bonchev–Trinajstić information content (AvgIpc) is 3.01. The molecule has 124 valence electrons. The second kappa shape index (κ2) is 6.81. The highest BCUT2D eigenvalue weighted by atomic mass is 32.1. The van der Waals surface area contributed by atoms with Gasteiger partial charge in [0.05, 0.1) is 10.4 Å². The van der Waals surface area contributed by atoms with Gasteiger partial charge in [0.2, 0.25) is 0 Å². The molecule has 1 aliphatic rings. The van der Waals surface area contributed by atoms with E-state index in [1.54, 1.807) is 0 Å². The number of hydrogen-bond acceptors (Lipinski definition) is 4. The average molecular weight is 338 g/mol. The molecule has 1 aliphatic heterocycles. The number of benzene rings is 2. The number of piperidine rings is 1. The molecular weight excluding hydrogens is 316 g/mol. The molecule has 0 aliphatic carbocycles. The summed E-state index contributed by atoms with van der Waals surface area (Å²) in [5, 5.41) is 9.85. The number of aromatic nitrogens is 1. The molecule has 0 atom stereocenters. The zero-order chi connectivity index (χ0) is 16.4. The second-order valence-corrected chi connectivity index (χ2v) is 7.58. The highest BCUT2D eigenvalue weighted by molar-refractivity contribution is 7.20. The van der Waals surface area contributed by atoms with Gasteiger partial charge in [0.15, 0.2) is 0 Å². The molecule has 24 heavy (non-hydrogen) atoms. The van der Waals surface area contributed by atoms with Crippen LogP contribution in [0.1, 0.15) is 24.8 Å². The third-order valence-corrected chi connectivity index (χ3v) is 5.85. The maximum absolute atomic E-state index is 9.69. The first-order chi connectivity index (χ1) is 11.8. The standard InChI is InChI=1S/C20H22N2OS/c23-20-21-19-17(7-4-8-18(19)24-20)22-13-11-16(12-14-22)10-9-15-5-2-1-3-6-15/h1-8,16H,9-14H2,(H,21,23). The fraction of sp³-hybridized carbons (Fsp3) is 0.350. The molecule has 3 aromatic rings. The minimum atomic E-state index is 0.162. The number of aromatic hydroxyl groups is 1. The van der Waals surface area contributed by atoms with E-state index in [-0.39, 0.29) is 5.19 Å². The molecule has 4 heteroatoms. The van der Waals surface area contributed by atoms with Gasteiger partial charge in [-0.1, -0.05) is 47.7 Å². The number of nitrogens with zero attached hydrogens (tertiary/aromatic N) is 2. The summed E-state index contributed by atoms with van der Waals surface area (Å²) in [5.41, 5.74) is 3.57. The molecule has 0 bridgehead atoms. The van der Waals surface area contributed by atoms with Crippen LogP contribution in [0, 0.1) is 5.92 Å². The Kier molecular flexibility index (Phi) is 4.39. The van der Waals surface area contributed by atoms with Crippen molar-refractivity contribution in [2.75, 3.05) is 18.0 Å². The van der Waals surface area contributed by atoms with Crippen LogP contribution in [0.25, 0.3) is 10.2 Å². The maximum Gasteiger partial charge on any atom is 0.271 e. The van der Waals surface area contributed by atoms with Crippen molar-refractivity contribution in [2.24, 2.45) is 5.92 Å². The van der Waals surface area contributed by atoms with Gasteiger partial charge in [-0.3, -0.25) is 0 Å². The van der Waals surface area contributed by atoms with Crippen LogP contribution in [0.2, 0.25) is 0 Å². The predicted octanol–water partition coefficient (Wildman–Crippen LogP) is 4.85. The number of fused-ring (bicyclic) bond motifs is 1. The Labute approximate surface area is 146 Å². The minimum absolute atomic E-state index is 0.162. The quantitative estimate of drug-likeness (QED) is 0.738. The number of rotatable bonds is 4. The van der Waals surface area contributed by atoms with Crippen molar-refractivity contribution in [3.8, 4) is 5.19 Å². The first-order valence-corrected chi connectivity index (χ1v) is 9.48. The molecule has 0 saturated carbocycles. The summed E-state index contributed by atoms with van der Waals surface area (Å²) in [6.45, 7) is 2.16. The Balaban J connectivity index is 1.39. The molecule has 2 heterocycles. The Morgan fingerprint density at radius 2 is 1.83 bits per heavy atom. The molecule has 1 saturated heterocycles. The fourth-order valence-electron chi connectivity index (χ4n) is 3.66. The molecule has 0 amide bonds. The zero-order valence-electron chi connectivity index (χ0n) is 13.7. The molecule has 0 unspecified atom stereocenters. The van der Waals surface area contributed by atoms with Crippen molar-refractivity contribution in [3.63, 3.8) is 0 Å². The third-order valence-electron chi connectivity index (χ3n) is 5.03. The van der Waals surface area contributed by atoms with Gasteiger partial charge in [0.1, 0.15) is 5.52 Å². The van der Waals surface area contributed by atoms with E-state index in [0.29, 0.717) is 0 Å². The largest absolute Gasteiger partial charge is 0.486 e. The van der Waals surface area contributed by atoms with Crippen LogP contribution < -0.4 is 4.90 Å². The molecule has 3 nitrogen and oxygen atoms in total. The lowest BCUT2D eigenvalue weighted by Gasteiger charge is -2.33. The van der Waals surface area contributed by atoms with Crippen molar-refractivity contribution in [2.45, 2.75) is 25.7 Å². The topological polar surface area (TPSA) is 36.4 Å². The number of para-hydroxylation sites is 1. The fourth-order valence-corrected chi connectivity index (χ4v) is 4.38. The Morgan fingerprint density at radius 1 is 1.04 bits per heavy atom. The summed E-state index contributed by atoms with van der Waals surface area (Å²) in [6, 6.07) is 17.0. The SMILES string of the molecule is Oc1nc2c(N3CCC(CCc4ccccc4)CC3)cccc2s1. The van der Waals surface area contributed by atoms with E-state index in [2.05, 4.69) is 52.3 Å². The molecule has 0 spiro atoms. The van der Waals surface area contributed by atoms with E-state index in [4.69, 9.17) is 0 Å². The molecule has 2 aromatic carbocycles. The van der Waals surface area contributed by atoms with Gasteiger partial charge in [-0.15, -0.1) is 0 Å². The summed E-state index contributed by atoms with van der Waals surface area (Å²) in [5.74, 6) is 0.810. The Bertz CT molecular complexity index is 807. The van der Waals surface area contributed by atoms with E-state index >= 15 is 0 Å². The molecule has 1 fully saturated rings. The van der Waals surface area contributed by atoms with Crippen LogP contribution in [-0.2, 0) is 6.42 Å². The highest BCUT2D eigenvalue weighted by Crippen LogP contribution is 2.35. The lowest BCUT2D eigenvalue weighted by molar-refractivity contribution is 0.382. The van der Waals surface area contributed by atoms with Crippen LogP contribution >= 0.6 is 11.3 Å². The summed E-state index contributed by atoms with van der Waals surface area (Å²) in [4.78, 5) is 6.75. The van der Waals surface area contributed by atoms with Crippen molar-refractivity contribution >= 4 is 27.2 Å². The van der Waals surface area contributed by atoms with Gasteiger partial charge in [0.25, 0.3) is 5.19 Å². The van der Waals surface area contributed by atoms with Gasteiger partial charge in [0, 0.05) is 13.1 Å². The maximum atomic E-state index is 9.69. The van der Waals surface area contributed by atoms with Gasteiger partial charge in [-0.05, 0) is 49.3 Å². The smallest absolute Gasteiger partial charge is 0.271 e. The lowest BCUT2D eigenvalue weighted by Crippen LogP contribution is -2.33. The number of thiazole rings is 1. The van der Waals surface area contributed by atoms with E-state index in [1.807, 2.05) is 6.07 Å². The van der Waals surface area contributed by atoms with Gasteiger partial charge < -0.3 is 10.0 Å². The van der Waals surface area contributed by atoms with Crippen LogP contribution in [0.4, 0.5) is 5.69 Å². The first kappa shape index (κ1) is 15.5. The van der Waals surface area contributed by atoms with Crippen LogP contribution in [0.5, 0.6) is 5.19 Å². The first-order valence-electron chi connectivity index (χ1n) is 8.67. The molecule has 4 rings (SSSR count). The van der Waals surface area contributed by atoms with Crippen molar-refractivity contribution in [1.82, 2.24) is 4.98 Å². The Morgan fingerprint density at radius 3 is 2.62 bits per heavy atom. The molecule has 1 aromatic heterocycles. The van der Waals surface area contributed by atoms with Crippen LogP contribution in [0.3, 0.4) is 0 Å². The van der Waals surface area contributed by atoms with E-state index in [1.165, 1.54) is 48.3 Å². The van der Waals surface area contributed by atoms with E-state index in [0.717, 1.165) is 29.2 Å². The van der Waals surface area contributed by atoms with Crippen molar-refractivity contribution in [3.05, 3.63) is 54.1 Å². The van der Waals surface area contributed by atoms with Gasteiger partial charge >= 0.3 is 0 Å². The summed E-state index contributed by atoms with van der Waals surface area (Å²) in [6.07, 6.45) is 4.93. The molecular formula is C20H22N2OS. The summed E-state index contributed by atoms with van der Waals surface area (Å²) < 4.78 is 1.07. The van der Waals surface area contributed by atoms with Crippen LogP contribution in [-0.4, -0.2) is 23.2 Å². The van der Waals surface area contributed by atoms with Crippen LogP contribution in [0.15, 0.2) is 48.5 Å². The Hall–Kier alpha value is -2.07. The van der Waals surface area contributed by atoms with Gasteiger partial charge in [-0.25, -0.2) is 4.98 Å². The van der Waals surface area contributed by atoms with Crippen molar-refractivity contribution in [1.29, 1.82) is 0 Å². The number of hydrogen-bond donors (Lipinski definition) is 1. The monoisotopic (exact) mass is 338 g/mol. The molecule has 1 N–H and O–H groups in total. The summed E-state index contributed by atoms with van der Waals surface area (Å²) in [7, 11) is 0. The molecule has 0 radical (unpaired) electrons. The van der Waals surface area contributed by atoms with E-state index in [9.17, 15) is 5.11 Å². The zero-order valence-corrected chi connectivity index (χ0v) is 14.5. The second-order valence-electron chi connectivity index (χ2n) is 6.58. The number of aryl methyl sites for hydroxylation is 1.